The Labute approximate surface area is 129 Å². The average Bonchev–Trinajstić information content (AvgIpc) is 2.98. The Hall–Kier alpha value is -1.08. The molecule has 118 valence electrons. The van der Waals surface area contributed by atoms with Crippen LogP contribution in [0.4, 0.5) is 10.7 Å². The third-order valence-electron chi connectivity index (χ3n) is 3.76. The number of nitrogens with one attached hydrogen (secondary N) is 1. The lowest BCUT2D eigenvalue weighted by Gasteiger charge is -2.07. The summed E-state index contributed by atoms with van der Waals surface area (Å²) < 4.78 is 24.6. The molecule has 0 spiro atoms. The van der Waals surface area contributed by atoms with Crippen molar-refractivity contribution in [3.8, 4) is 0 Å². The van der Waals surface area contributed by atoms with Crippen molar-refractivity contribution >= 4 is 37.6 Å². The van der Waals surface area contributed by atoms with Crippen molar-refractivity contribution in [2.45, 2.75) is 45.1 Å². The van der Waals surface area contributed by atoms with Crippen LogP contribution in [0.25, 0.3) is 0 Å². The predicted octanol–water partition coefficient (Wildman–Crippen LogP) is 2.78. The number of ketones is 1. The van der Waals surface area contributed by atoms with E-state index in [0.717, 1.165) is 6.42 Å². The molecule has 2 rings (SSSR count). The molecule has 1 aromatic heterocycles. The minimum atomic E-state index is -3.46. The summed E-state index contributed by atoms with van der Waals surface area (Å²) >= 11 is 1.17. The molecule has 1 aliphatic rings. The Morgan fingerprint density at radius 2 is 2.05 bits per heavy atom. The van der Waals surface area contributed by atoms with Gasteiger partial charge in [0.25, 0.3) is 0 Å². The summed E-state index contributed by atoms with van der Waals surface area (Å²) in [6.07, 6.45) is 1.01. The average molecular weight is 330 g/mol. The van der Waals surface area contributed by atoms with Crippen LogP contribution in [0.3, 0.4) is 0 Å². The Morgan fingerprint density at radius 3 is 2.48 bits per heavy atom. The van der Waals surface area contributed by atoms with Crippen molar-refractivity contribution in [3.05, 3.63) is 4.88 Å². The van der Waals surface area contributed by atoms with Crippen molar-refractivity contribution in [2.75, 3.05) is 16.8 Å². The number of anilines is 2. The fourth-order valence-corrected chi connectivity index (χ4v) is 4.92. The molecule has 0 aromatic carbocycles. The fraction of sp³-hybridized carbons (Fsp3) is 0.643. The van der Waals surface area contributed by atoms with E-state index in [1.54, 1.807) is 20.8 Å². The van der Waals surface area contributed by atoms with Gasteiger partial charge in [-0.05, 0) is 12.3 Å². The van der Waals surface area contributed by atoms with E-state index in [0.29, 0.717) is 15.8 Å². The maximum atomic E-state index is 12.3. The Bertz CT molecular complexity index is 662. The lowest BCUT2D eigenvalue weighted by molar-refractivity contribution is 0.0944. The topological polar surface area (TPSA) is 89.3 Å². The van der Waals surface area contributed by atoms with Gasteiger partial charge < -0.3 is 11.1 Å². The number of carbonyl (C=O) groups excluding carboxylic acids is 1. The van der Waals surface area contributed by atoms with Crippen molar-refractivity contribution in [1.29, 1.82) is 0 Å². The number of carbonyl (C=O) groups is 1. The molecular formula is C14H22N2O3S2. The lowest BCUT2D eigenvalue weighted by atomic mass is 10.1. The number of nitrogen functional groups attached to an aromatic ring is 1. The number of nitrogens with two attached hydrogens (primary N) is 1. The first-order chi connectivity index (χ1) is 9.69. The monoisotopic (exact) mass is 330 g/mol. The van der Waals surface area contributed by atoms with Gasteiger partial charge in [-0.15, -0.1) is 11.3 Å². The zero-order valence-corrected chi connectivity index (χ0v) is 14.4. The minimum absolute atomic E-state index is 0.0296. The maximum absolute atomic E-state index is 12.3. The highest BCUT2D eigenvalue weighted by Crippen LogP contribution is 2.44. The number of rotatable bonds is 6. The highest BCUT2D eigenvalue weighted by Gasteiger charge is 2.36. The van der Waals surface area contributed by atoms with Gasteiger partial charge >= 0.3 is 0 Å². The minimum Gasteiger partial charge on any atom is -0.396 e. The summed E-state index contributed by atoms with van der Waals surface area (Å²) in [5.41, 5.74) is 6.11. The highest BCUT2D eigenvalue weighted by atomic mass is 32.2. The molecule has 1 fully saturated rings. The van der Waals surface area contributed by atoms with Gasteiger partial charge in [0.1, 0.15) is 9.90 Å². The molecule has 0 aliphatic heterocycles. The van der Waals surface area contributed by atoms with E-state index in [9.17, 15) is 13.2 Å². The molecule has 0 amide bonds. The third-order valence-corrected chi connectivity index (χ3v) is 6.85. The second-order valence-electron chi connectivity index (χ2n) is 5.89. The van der Waals surface area contributed by atoms with E-state index in [1.165, 1.54) is 11.3 Å². The van der Waals surface area contributed by atoms with Gasteiger partial charge in [0.2, 0.25) is 0 Å². The second kappa shape index (κ2) is 5.61. The molecule has 1 heterocycles. The van der Waals surface area contributed by atoms with E-state index >= 15 is 0 Å². The zero-order valence-electron chi connectivity index (χ0n) is 12.8. The first kappa shape index (κ1) is 16.3. The standard InChI is InChI=1S/C14H22N2O3S2/c1-5-21(18,19)13-10(15)12(11(17)7(2)3)20-14(13)16-9-6-8(9)4/h7-9,16H,5-6,15H2,1-4H3. The van der Waals surface area contributed by atoms with Gasteiger partial charge in [-0.1, -0.05) is 27.7 Å². The zero-order chi connectivity index (χ0) is 15.9. The number of thiophene rings is 1. The largest absolute Gasteiger partial charge is 0.396 e. The SMILES string of the molecule is CCS(=O)(=O)c1c(NC2CC2C)sc(C(=O)C(C)C)c1N. The molecule has 7 heteroatoms. The second-order valence-corrected chi connectivity index (χ2v) is 9.13. The summed E-state index contributed by atoms with van der Waals surface area (Å²) in [6.45, 7) is 7.25. The van der Waals surface area contributed by atoms with Crippen molar-refractivity contribution in [2.24, 2.45) is 11.8 Å². The van der Waals surface area contributed by atoms with Crippen LogP contribution in [0.5, 0.6) is 0 Å². The van der Waals surface area contributed by atoms with Crippen LogP contribution < -0.4 is 11.1 Å². The van der Waals surface area contributed by atoms with E-state index in [1.807, 2.05) is 0 Å². The number of sulfone groups is 1. The van der Waals surface area contributed by atoms with Crippen molar-refractivity contribution in [1.82, 2.24) is 0 Å². The molecule has 1 aliphatic carbocycles. The molecule has 3 N–H and O–H groups in total. The van der Waals surface area contributed by atoms with Crippen LogP contribution in [-0.2, 0) is 9.84 Å². The van der Waals surface area contributed by atoms with Crippen molar-refractivity contribution in [3.63, 3.8) is 0 Å². The Morgan fingerprint density at radius 1 is 1.48 bits per heavy atom. The molecule has 2 atom stereocenters. The van der Waals surface area contributed by atoms with Gasteiger partial charge in [-0.25, -0.2) is 8.42 Å². The number of hydrogen-bond acceptors (Lipinski definition) is 6. The normalized spacial score (nSPS) is 21.6. The van der Waals surface area contributed by atoms with Gasteiger partial charge in [0, 0.05) is 12.0 Å². The molecule has 2 unspecified atom stereocenters. The molecule has 0 radical (unpaired) electrons. The maximum Gasteiger partial charge on any atom is 0.183 e. The van der Waals surface area contributed by atoms with E-state index in [4.69, 9.17) is 5.73 Å². The molecule has 0 saturated heterocycles. The van der Waals surface area contributed by atoms with Gasteiger partial charge in [-0.3, -0.25) is 4.79 Å². The summed E-state index contributed by atoms with van der Waals surface area (Å²) in [6, 6.07) is 0.274. The highest BCUT2D eigenvalue weighted by molar-refractivity contribution is 7.92. The summed E-state index contributed by atoms with van der Waals surface area (Å²) in [4.78, 5) is 12.7. The lowest BCUT2D eigenvalue weighted by Crippen LogP contribution is -2.12. The summed E-state index contributed by atoms with van der Waals surface area (Å²) in [7, 11) is -3.46. The van der Waals surface area contributed by atoms with Crippen LogP contribution in [0, 0.1) is 11.8 Å². The van der Waals surface area contributed by atoms with Crippen molar-refractivity contribution < 1.29 is 13.2 Å². The Kier molecular flexibility index (Phi) is 4.35. The number of Topliss-reactive ketones (excluding diaryl/α,β-unsaturated/α-hetero) is 1. The summed E-state index contributed by atoms with van der Waals surface area (Å²) in [5, 5.41) is 3.76. The third kappa shape index (κ3) is 3.08. The molecule has 1 aromatic rings. The van der Waals surface area contributed by atoms with Gasteiger partial charge in [0.15, 0.2) is 15.6 Å². The van der Waals surface area contributed by atoms with Crippen LogP contribution in [-0.4, -0.2) is 26.0 Å². The molecule has 21 heavy (non-hydrogen) atoms. The summed E-state index contributed by atoms with van der Waals surface area (Å²) in [5.74, 6) is 0.172. The van der Waals surface area contributed by atoms with Gasteiger partial charge in [-0.2, -0.15) is 0 Å². The van der Waals surface area contributed by atoms with Crippen LogP contribution >= 0.6 is 11.3 Å². The molecule has 1 saturated carbocycles. The van der Waals surface area contributed by atoms with E-state index in [-0.39, 0.29) is 34.1 Å². The van der Waals surface area contributed by atoms with Crippen LogP contribution in [0.2, 0.25) is 0 Å². The fourth-order valence-electron chi connectivity index (χ4n) is 2.11. The predicted molar refractivity (Wildman–Crippen MR) is 86.8 cm³/mol. The molecule has 0 bridgehead atoms. The quantitative estimate of drug-likeness (QED) is 0.783. The number of hydrogen-bond donors (Lipinski definition) is 2. The van der Waals surface area contributed by atoms with E-state index in [2.05, 4.69) is 12.2 Å². The smallest absolute Gasteiger partial charge is 0.183 e. The first-order valence-electron chi connectivity index (χ1n) is 7.14. The van der Waals surface area contributed by atoms with Gasteiger partial charge in [0.05, 0.1) is 16.3 Å². The van der Waals surface area contributed by atoms with Crippen LogP contribution in [0.15, 0.2) is 4.90 Å². The molecule has 5 nitrogen and oxygen atoms in total. The Balaban J connectivity index is 2.51. The van der Waals surface area contributed by atoms with Crippen LogP contribution in [0.1, 0.15) is 43.8 Å². The molecular weight excluding hydrogens is 308 g/mol. The first-order valence-corrected chi connectivity index (χ1v) is 9.61. The van der Waals surface area contributed by atoms with E-state index < -0.39 is 9.84 Å².